The van der Waals surface area contributed by atoms with Crippen LogP contribution in [0.1, 0.15) is 32.5 Å². The van der Waals surface area contributed by atoms with E-state index in [1.54, 1.807) is 0 Å². The Morgan fingerprint density at radius 1 is 1.26 bits per heavy atom. The van der Waals surface area contributed by atoms with Crippen LogP contribution in [0.4, 0.5) is 0 Å². The highest BCUT2D eigenvalue weighted by Crippen LogP contribution is 2.32. The molecule has 1 heterocycles. The number of Topliss-reactive ketones (excluding diaryl/α,β-unsaturated/α-hetero) is 1. The molecular formula is C15H20N2O2. The minimum atomic E-state index is -0.422. The second kappa shape index (κ2) is 4.78. The lowest BCUT2D eigenvalue weighted by atomic mass is 9.84. The van der Waals surface area contributed by atoms with Gasteiger partial charge in [-0.3, -0.25) is 9.69 Å². The summed E-state index contributed by atoms with van der Waals surface area (Å²) in [4.78, 5) is 14.5. The van der Waals surface area contributed by atoms with Crippen LogP contribution in [0.5, 0.6) is 0 Å². The van der Waals surface area contributed by atoms with Gasteiger partial charge < -0.3 is 4.52 Å². The molecule has 0 saturated carbocycles. The van der Waals surface area contributed by atoms with Crippen LogP contribution in [0.15, 0.2) is 28.8 Å². The van der Waals surface area contributed by atoms with E-state index in [-0.39, 0.29) is 11.8 Å². The number of aromatic nitrogens is 1. The molecule has 0 amide bonds. The minimum Gasteiger partial charge on any atom is -0.356 e. The Labute approximate surface area is 113 Å². The highest BCUT2D eigenvalue weighted by molar-refractivity contribution is 5.93. The average Bonchev–Trinajstić information content (AvgIpc) is 2.72. The Hall–Kier alpha value is -1.68. The van der Waals surface area contributed by atoms with Crippen molar-refractivity contribution in [3.63, 3.8) is 0 Å². The van der Waals surface area contributed by atoms with E-state index >= 15 is 0 Å². The third kappa shape index (κ3) is 2.54. The van der Waals surface area contributed by atoms with Gasteiger partial charge in [0.05, 0.1) is 0 Å². The molecule has 2 rings (SSSR count). The molecule has 0 aliphatic rings. The molecule has 1 aromatic carbocycles. The lowest BCUT2D eigenvalue weighted by Crippen LogP contribution is -2.35. The lowest BCUT2D eigenvalue weighted by Gasteiger charge is -2.28. The van der Waals surface area contributed by atoms with Gasteiger partial charge in [-0.05, 0) is 26.2 Å². The monoisotopic (exact) mass is 260 g/mol. The van der Waals surface area contributed by atoms with Crippen molar-refractivity contribution in [1.82, 2.24) is 10.1 Å². The lowest BCUT2D eigenvalue weighted by molar-refractivity contribution is -0.131. The Kier molecular flexibility index (Phi) is 3.45. The smallest absolute Gasteiger partial charge is 0.167 e. The van der Waals surface area contributed by atoms with Crippen molar-refractivity contribution in [3.05, 3.63) is 30.0 Å². The summed E-state index contributed by atoms with van der Waals surface area (Å²) < 4.78 is 5.31. The van der Waals surface area contributed by atoms with E-state index in [0.29, 0.717) is 11.3 Å². The van der Waals surface area contributed by atoms with E-state index in [1.807, 2.05) is 64.0 Å². The highest BCUT2D eigenvalue weighted by Gasteiger charge is 2.35. The number of fused-ring (bicyclic) bond motifs is 1. The first-order valence-corrected chi connectivity index (χ1v) is 6.37. The van der Waals surface area contributed by atoms with Gasteiger partial charge >= 0.3 is 0 Å². The molecule has 1 unspecified atom stereocenters. The summed E-state index contributed by atoms with van der Waals surface area (Å²) in [6.45, 7) is 5.77. The van der Waals surface area contributed by atoms with Gasteiger partial charge in [-0.2, -0.15) is 0 Å². The Morgan fingerprint density at radius 3 is 2.47 bits per heavy atom. The molecule has 0 saturated heterocycles. The molecule has 0 aliphatic carbocycles. The third-order valence-electron chi connectivity index (χ3n) is 3.17. The molecule has 0 spiro atoms. The standard InChI is InChI=1S/C15H20N2O2/c1-15(2,3)14(18)13(17(4)5)12-10-8-6-7-9-11(10)19-16-12/h6-9,13H,1-5H3. The zero-order valence-electron chi connectivity index (χ0n) is 12.1. The number of carbonyl (C=O) groups is 1. The molecule has 4 nitrogen and oxygen atoms in total. The minimum absolute atomic E-state index is 0.136. The van der Waals surface area contributed by atoms with E-state index in [0.717, 1.165) is 5.39 Å². The number of carbonyl (C=O) groups excluding carboxylic acids is 1. The van der Waals surface area contributed by atoms with Gasteiger partial charge in [0.25, 0.3) is 0 Å². The summed E-state index contributed by atoms with van der Waals surface area (Å²) in [7, 11) is 3.77. The number of ketones is 1. The number of benzene rings is 1. The zero-order valence-corrected chi connectivity index (χ0v) is 12.1. The quantitative estimate of drug-likeness (QED) is 0.851. The Balaban J connectivity index is 2.54. The molecule has 1 aromatic heterocycles. The van der Waals surface area contributed by atoms with Crippen molar-refractivity contribution in [1.29, 1.82) is 0 Å². The molecule has 1 atom stereocenters. The molecule has 0 N–H and O–H groups in total. The maximum Gasteiger partial charge on any atom is 0.167 e. The molecule has 2 aromatic rings. The molecule has 19 heavy (non-hydrogen) atoms. The predicted octanol–water partition coefficient (Wildman–Crippen LogP) is 3.05. The van der Waals surface area contributed by atoms with Crippen molar-refractivity contribution >= 4 is 16.8 Å². The highest BCUT2D eigenvalue weighted by atomic mass is 16.5. The summed E-state index contributed by atoms with van der Waals surface area (Å²) >= 11 is 0. The van der Waals surface area contributed by atoms with Gasteiger partial charge in [-0.15, -0.1) is 0 Å². The fraction of sp³-hybridized carbons (Fsp3) is 0.467. The number of hydrogen-bond acceptors (Lipinski definition) is 4. The first kappa shape index (κ1) is 13.7. The predicted molar refractivity (Wildman–Crippen MR) is 74.9 cm³/mol. The third-order valence-corrected chi connectivity index (χ3v) is 3.17. The fourth-order valence-electron chi connectivity index (χ4n) is 2.12. The summed E-state index contributed by atoms with van der Waals surface area (Å²) in [6.07, 6.45) is 0. The molecular weight excluding hydrogens is 240 g/mol. The van der Waals surface area contributed by atoms with Crippen LogP contribution in [0, 0.1) is 5.41 Å². The first-order chi connectivity index (χ1) is 8.82. The second-order valence-corrected chi connectivity index (χ2v) is 6.04. The van der Waals surface area contributed by atoms with E-state index < -0.39 is 5.41 Å². The zero-order chi connectivity index (χ0) is 14.2. The Morgan fingerprint density at radius 2 is 1.89 bits per heavy atom. The van der Waals surface area contributed by atoms with Gasteiger partial charge in [0, 0.05) is 10.8 Å². The molecule has 0 bridgehead atoms. The Bertz CT molecular complexity index is 593. The second-order valence-electron chi connectivity index (χ2n) is 6.04. The molecule has 0 fully saturated rings. The van der Waals surface area contributed by atoms with Crippen molar-refractivity contribution in [3.8, 4) is 0 Å². The summed E-state index contributed by atoms with van der Waals surface area (Å²) in [5, 5.41) is 5.02. The van der Waals surface area contributed by atoms with Gasteiger partial charge in [0.15, 0.2) is 11.4 Å². The van der Waals surface area contributed by atoms with E-state index in [9.17, 15) is 4.79 Å². The molecule has 4 heteroatoms. The number of hydrogen-bond donors (Lipinski definition) is 0. The summed E-state index contributed by atoms with van der Waals surface area (Å²) in [5.41, 5.74) is 0.987. The van der Waals surface area contributed by atoms with E-state index in [4.69, 9.17) is 4.52 Å². The van der Waals surface area contributed by atoms with Crippen LogP contribution >= 0.6 is 0 Å². The fourth-order valence-corrected chi connectivity index (χ4v) is 2.12. The van der Waals surface area contributed by atoms with Crippen LogP contribution in [0.3, 0.4) is 0 Å². The van der Waals surface area contributed by atoms with Crippen LogP contribution in [0.2, 0.25) is 0 Å². The van der Waals surface area contributed by atoms with Gasteiger partial charge in [-0.1, -0.05) is 38.1 Å². The topological polar surface area (TPSA) is 46.3 Å². The van der Waals surface area contributed by atoms with Crippen LogP contribution in [-0.2, 0) is 4.79 Å². The van der Waals surface area contributed by atoms with Crippen molar-refractivity contribution in [2.24, 2.45) is 5.41 Å². The first-order valence-electron chi connectivity index (χ1n) is 6.37. The van der Waals surface area contributed by atoms with Crippen molar-refractivity contribution < 1.29 is 9.32 Å². The normalized spacial score (nSPS) is 14.0. The summed E-state index contributed by atoms with van der Waals surface area (Å²) in [5.74, 6) is 0.136. The number of nitrogens with zero attached hydrogens (tertiary/aromatic N) is 2. The van der Waals surface area contributed by atoms with Crippen LogP contribution in [0.25, 0.3) is 11.0 Å². The van der Waals surface area contributed by atoms with Gasteiger partial charge in [0.1, 0.15) is 11.7 Å². The summed E-state index contributed by atoms with van der Waals surface area (Å²) in [6, 6.07) is 7.24. The molecule has 0 aliphatic heterocycles. The number of likely N-dealkylation sites (N-methyl/N-ethyl adjacent to an activating group) is 1. The number of para-hydroxylation sites is 1. The van der Waals surface area contributed by atoms with Crippen LogP contribution < -0.4 is 0 Å². The SMILES string of the molecule is CN(C)C(C(=O)C(C)(C)C)c1noc2ccccc12. The molecule has 0 radical (unpaired) electrons. The van der Waals surface area contributed by atoms with Crippen molar-refractivity contribution in [2.45, 2.75) is 26.8 Å². The number of rotatable bonds is 3. The van der Waals surface area contributed by atoms with E-state index in [1.165, 1.54) is 0 Å². The van der Waals surface area contributed by atoms with Gasteiger partial charge in [0.2, 0.25) is 0 Å². The maximum atomic E-state index is 12.6. The average molecular weight is 260 g/mol. The van der Waals surface area contributed by atoms with Crippen molar-refractivity contribution in [2.75, 3.05) is 14.1 Å². The maximum absolute atomic E-state index is 12.6. The van der Waals surface area contributed by atoms with E-state index in [2.05, 4.69) is 5.16 Å². The van der Waals surface area contributed by atoms with Crippen LogP contribution in [-0.4, -0.2) is 29.9 Å². The molecule has 102 valence electrons. The largest absolute Gasteiger partial charge is 0.356 e. The van der Waals surface area contributed by atoms with Gasteiger partial charge in [-0.25, -0.2) is 0 Å².